The van der Waals surface area contributed by atoms with Gasteiger partial charge in [0, 0.05) is 31.4 Å². The Morgan fingerprint density at radius 1 is 1.24 bits per heavy atom. The molecule has 0 aromatic carbocycles. The lowest BCUT2D eigenvalue weighted by Gasteiger charge is -2.57. The first-order valence-corrected chi connectivity index (χ1v) is 9.34. The minimum Gasteiger partial charge on any atom is -0.479 e. The van der Waals surface area contributed by atoms with Crippen LogP contribution >= 0.6 is 0 Å². The molecule has 1 amide bonds. The van der Waals surface area contributed by atoms with Crippen LogP contribution in [0.4, 0.5) is 0 Å². The number of carboxylic acids is 1. The molecule has 0 aliphatic heterocycles. The fourth-order valence-corrected chi connectivity index (χ4v) is 6.17. The third-order valence-electron chi connectivity index (χ3n) is 6.71. The van der Waals surface area contributed by atoms with Crippen molar-refractivity contribution in [2.75, 3.05) is 7.05 Å². The zero-order valence-electron chi connectivity index (χ0n) is 14.7. The highest BCUT2D eigenvalue weighted by Gasteiger charge is 2.52. The maximum absolute atomic E-state index is 13.0. The van der Waals surface area contributed by atoms with Gasteiger partial charge in [-0.1, -0.05) is 6.07 Å². The van der Waals surface area contributed by atoms with E-state index in [9.17, 15) is 14.7 Å². The molecule has 4 bridgehead atoms. The number of hydrogen-bond donors (Lipinski definition) is 1. The number of nitrogens with zero attached hydrogens (tertiary/aromatic N) is 2. The summed E-state index contributed by atoms with van der Waals surface area (Å²) in [5, 5.41) is 9.65. The lowest BCUT2D eigenvalue weighted by atomic mass is 9.49. The van der Waals surface area contributed by atoms with Crippen LogP contribution in [0.15, 0.2) is 24.5 Å². The summed E-state index contributed by atoms with van der Waals surface area (Å²) >= 11 is 0. The number of carboxylic acid groups (broad SMARTS) is 1. The van der Waals surface area contributed by atoms with Crippen molar-refractivity contribution >= 4 is 11.9 Å². The SMILES string of the molecule is CN(C(=O)CC12CC3CC(CC(C3)C1)C2)[C@H](C(=O)O)c1cccnc1. The zero-order chi connectivity index (χ0) is 17.6. The Balaban J connectivity index is 1.51. The minimum absolute atomic E-state index is 0.0433. The van der Waals surface area contributed by atoms with E-state index < -0.39 is 12.0 Å². The maximum atomic E-state index is 13.0. The van der Waals surface area contributed by atoms with Crippen molar-refractivity contribution in [1.82, 2.24) is 9.88 Å². The molecule has 1 aromatic rings. The Bertz CT molecular complexity index is 637. The molecule has 0 radical (unpaired) electrons. The van der Waals surface area contributed by atoms with Gasteiger partial charge in [0.2, 0.25) is 5.91 Å². The van der Waals surface area contributed by atoms with Gasteiger partial charge < -0.3 is 10.0 Å². The van der Waals surface area contributed by atoms with E-state index >= 15 is 0 Å². The van der Waals surface area contributed by atoms with E-state index in [1.54, 1.807) is 25.4 Å². The Hall–Kier alpha value is -1.91. The summed E-state index contributed by atoms with van der Waals surface area (Å²) in [6.45, 7) is 0. The normalized spacial score (nSPS) is 33.9. The molecule has 0 saturated heterocycles. The van der Waals surface area contributed by atoms with Crippen LogP contribution in [0, 0.1) is 23.2 Å². The van der Waals surface area contributed by atoms with Gasteiger partial charge in [-0.05, 0) is 67.8 Å². The van der Waals surface area contributed by atoms with Gasteiger partial charge in [-0.2, -0.15) is 0 Å². The van der Waals surface area contributed by atoms with Crippen molar-refractivity contribution in [1.29, 1.82) is 0 Å². The summed E-state index contributed by atoms with van der Waals surface area (Å²) < 4.78 is 0. The van der Waals surface area contributed by atoms with Gasteiger partial charge in [-0.3, -0.25) is 9.78 Å². The molecule has 5 heteroatoms. The number of hydrogen-bond acceptors (Lipinski definition) is 3. The number of pyridine rings is 1. The molecule has 4 aliphatic rings. The summed E-state index contributed by atoms with van der Waals surface area (Å²) in [7, 11) is 1.62. The molecular formula is C20H26N2O3. The number of aromatic nitrogens is 1. The summed E-state index contributed by atoms with van der Waals surface area (Å²) in [5.74, 6) is 1.32. The smallest absolute Gasteiger partial charge is 0.331 e. The number of likely N-dealkylation sites (N-methyl/N-ethyl adjacent to an activating group) is 1. The van der Waals surface area contributed by atoms with Crippen molar-refractivity contribution in [3.8, 4) is 0 Å². The van der Waals surface area contributed by atoms with Crippen LogP contribution in [0.25, 0.3) is 0 Å². The Morgan fingerprint density at radius 3 is 2.32 bits per heavy atom. The Morgan fingerprint density at radius 2 is 1.84 bits per heavy atom. The van der Waals surface area contributed by atoms with Gasteiger partial charge >= 0.3 is 5.97 Å². The number of rotatable bonds is 5. The van der Waals surface area contributed by atoms with Gasteiger partial charge in [0.1, 0.15) is 0 Å². The molecule has 1 N–H and O–H groups in total. The molecule has 5 rings (SSSR count). The van der Waals surface area contributed by atoms with Crippen molar-refractivity contribution in [2.24, 2.45) is 23.2 Å². The second-order valence-electron chi connectivity index (χ2n) is 8.63. The number of aliphatic carboxylic acids is 1. The van der Waals surface area contributed by atoms with Crippen molar-refractivity contribution in [3.63, 3.8) is 0 Å². The highest BCUT2D eigenvalue weighted by molar-refractivity contribution is 5.84. The standard InChI is InChI=1S/C20H26N2O3/c1-22(18(19(24)25)16-3-2-4-21-12-16)17(23)11-20-8-13-5-14(9-20)7-15(6-13)10-20/h2-4,12-15,18H,5-11H2,1H3,(H,24,25)/t13?,14?,15?,18-,20?/m0/s1. The second kappa shape index (κ2) is 6.11. The Labute approximate surface area is 148 Å². The minimum atomic E-state index is -1.01. The van der Waals surface area contributed by atoms with E-state index in [1.807, 2.05) is 0 Å². The number of amides is 1. The number of carbonyl (C=O) groups excluding carboxylic acids is 1. The van der Waals surface area contributed by atoms with E-state index in [-0.39, 0.29) is 11.3 Å². The van der Waals surface area contributed by atoms with Gasteiger partial charge in [-0.25, -0.2) is 4.79 Å². The number of carbonyl (C=O) groups is 2. The van der Waals surface area contributed by atoms with Crippen LogP contribution in [0.2, 0.25) is 0 Å². The summed E-state index contributed by atoms with van der Waals surface area (Å²) in [6.07, 6.45) is 11.1. The summed E-state index contributed by atoms with van der Waals surface area (Å²) in [5.41, 5.74) is 0.675. The molecular weight excluding hydrogens is 316 g/mol. The fraction of sp³-hybridized carbons (Fsp3) is 0.650. The molecule has 134 valence electrons. The van der Waals surface area contributed by atoms with Crippen LogP contribution in [-0.4, -0.2) is 33.9 Å². The third-order valence-corrected chi connectivity index (χ3v) is 6.71. The molecule has 1 atom stereocenters. The topological polar surface area (TPSA) is 70.5 Å². The molecule has 0 spiro atoms. The summed E-state index contributed by atoms with van der Waals surface area (Å²) in [4.78, 5) is 30.2. The monoisotopic (exact) mass is 342 g/mol. The van der Waals surface area contributed by atoms with Gasteiger partial charge in [0.05, 0.1) is 0 Å². The molecule has 4 saturated carbocycles. The van der Waals surface area contributed by atoms with E-state index in [4.69, 9.17) is 0 Å². The molecule has 1 heterocycles. The van der Waals surface area contributed by atoms with E-state index in [2.05, 4.69) is 4.98 Å². The molecule has 1 aromatic heterocycles. The lowest BCUT2D eigenvalue weighted by Crippen LogP contribution is -2.48. The quantitative estimate of drug-likeness (QED) is 0.891. The van der Waals surface area contributed by atoms with E-state index in [0.717, 1.165) is 37.0 Å². The van der Waals surface area contributed by atoms with Crippen LogP contribution in [0.5, 0.6) is 0 Å². The predicted molar refractivity (Wildman–Crippen MR) is 92.6 cm³/mol. The van der Waals surface area contributed by atoms with E-state index in [0.29, 0.717) is 12.0 Å². The van der Waals surface area contributed by atoms with Crippen molar-refractivity contribution < 1.29 is 14.7 Å². The predicted octanol–water partition coefficient (Wildman–Crippen LogP) is 3.27. The Kier molecular flexibility index (Phi) is 4.05. The first-order valence-electron chi connectivity index (χ1n) is 9.34. The first-order chi connectivity index (χ1) is 12.0. The second-order valence-corrected chi connectivity index (χ2v) is 8.63. The van der Waals surface area contributed by atoms with Crippen LogP contribution in [0.1, 0.15) is 56.6 Å². The third kappa shape index (κ3) is 3.05. The van der Waals surface area contributed by atoms with Crippen LogP contribution in [0.3, 0.4) is 0 Å². The molecule has 4 aliphatic carbocycles. The summed E-state index contributed by atoms with van der Waals surface area (Å²) in [6, 6.07) is 2.47. The molecule has 25 heavy (non-hydrogen) atoms. The van der Waals surface area contributed by atoms with Gasteiger partial charge in [0.25, 0.3) is 0 Å². The van der Waals surface area contributed by atoms with E-state index in [1.165, 1.54) is 30.4 Å². The highest BCUT2D eigenvalue weighted by Crippen LogP contribution is 2.61. The zero-order valence-corrected chi connectivity index (χ0v) is 14.7. The molecule has 5 nitrogen and oxygen atoms in total. The van der Waals surface area contributed by atoms with Crippen molar-refractivity contribution in [2.45, 2.75) is 51.0 Å². The van der Waals surface area contributed by atoms with Gasteiger partial charge in [0.15, 0.2) is 6.04 Å². The average Bonchev–Trinajstić information content (AvgIpc) is 2.53. The van der Waals surface area contributed by atoms with Crippen LogP contribution in [-0.2, 0) is 9.59 Å². The fourth-order valence-electron chi connectivity index (χ4n) is 6.17. The highest BCUT2D eigenvalue weighted by atomic mass is 16.4. The maximum Gasteiger partial charge on any atom is 0.331 e. The van der Waals surface area contributed by atoms with Crippen molar-refractivity contribution in [3.05, 3.63) is 30.1 Å². The molecule has 4 fully saturated rings. The average molecular weight is 342 g/mol. The lowest BCUT2D eigenvalue weighted by molar-refractivity contribution is -0.152. The van der Waals surface area contributed by atoms with Gasteiger partial charge in [-0.15, -0.1) is 0 Å². The molecule has 0 unspecified atom stereocenters. The largest absolute Gasteiger partial charge is 0.479 e. The first kappa shape index (κ1) is 16.6. The van der Waals surface area contributed by atoms with Crippen LogP contribution < -0.4 is 0 Å².